The van der Waals surface area contributed by atoms with E-state index >= 15 is 0 Å². The van der Waals surface area contributed by atoms with Crippen LogP contribution in [0.3, 0.4) is 0 Å². The Kier molecular flexibility index (Phi) is 5.08. The Hall–Kier alpha value is -2.89. The molecule has 1 N–H and O–H groups in total. The second kappa shape index (κ2) is 7.21. The molecule has 0 saturated carbocycles. The zero-order valence-corrected chi connectivity index (χ0v) is 12.3. The first-order valence-corrected chi connectivity index (χ1v) is 6.77. The summed E-state index contributed by atoms with van der Waals surface area (Å²) < 4.78 is 9.99. The molecule has 0 aliphatic rings. The van der Waals surface area contributed by atoms with Crippen molar-refractivity contribution in [2.24, 2.45) is 0 Å². The van der Waals surface area contributed by atoms with Gasteiger partial charge in [-0.15, -0.1) is 0 Å². The van der Waals surface area contributed by atoms with E-state index in [1.54, 1.807) is 43.3 Å². The Morgan fingerprint density at radius 3 is 2.45 bits per heavy atom. The fraction of sp³-hybridized carbons (Fsp3) is 0.188. The average molecular weight is 300 g/mol. The van der Waals surface area contributed by atoms with Crippen LogP contribution >= 0.6 is 0 Å². The maximum atomic E-state index is 11.9. The first kappa shape index (κ1) is 15.5. The van der Waals surface area contributed by atoms with Crippen molar-refractivity contribution < 1.29 is 19.1 Å². The van der Waals surface area contributed by atoms with Crippen LogP contribution in [0.5, 0.6) is 5.75 Å². The number of anilines is 1. The minimum absolute atomic E-state index is 0.298. The molecule has 2 aromatic rings. The normalized spacial score (nSPS) is 9.91. The smallest absolute Gasteiger partial charge is 0.411 e. The van der Waals surface area contributed by atoms with E-state index in [9.17, 15) is 9.59 Å². The molecule has 0 spiro atoms. The summed E-state index contributed by atoms with van der Waals surface area (Å²) in [6.07, 6.45) is 0.937. The van der Waals surface area contributed by atoms with Gasteiger partial charge in [-0.25, -0.2) is 9.59 Å². The van der Waals surface area contributed by atoms with Crippen LogP contribution in [0.15, 0.2) is 42.6 Å². The minimum atomic E-state index is -0.530. The molecule has 1 aromatic carbocycles. The maximum Gasteiger partial charge on any atom is 0.411 e. The van der Waals surface area contributed by atoms with Crippen molar-refractivity contribution in [3.63, 3.8) is 0 Å². The van der Waals surface area contributed by atoms with Gasteiger partial charge in [0.25, 0.3) is 0 Å². The number of benzene rings is 1. The Bertz CT molecular complexity index is 651. The van der Waals surface area contributed by atoms with Gasteiger partial charge in [-0.05, 0) is 50.2 Å². The minimum Gasteiger partial charge on any atom is -0.450 e. The van der Waals surface area contributed by atoms with E-state index in [0.717, 1.165) is 5.69 Å². The lowest BCUT2D eigenvalue weighted by atomic mass is 10.2. The number of pyridine rings is 1. The van der Waals surface area contributed by atoms with E-state index in [1.807, 2.05) is 6.92 Å². The molecule has 1 heterocycles. The number of hydrogen-bond donors (Lipinski definition) is 1. The van der Waals surface area contributed by atoms with E-state index in [2.05, 4.69) is 10.3 Å². The molecule has 6 heteroatoms. The lowest BCUT2D eigenvalue weighted by Gasteiger charge is -2.07. The summed E-state index contributed by atoms with van der Waals surface area (Å²) in [5.74, 6) is -0.112. The molecule has 0 radical (unpaired) electrons. The third kappa shape index (κ3) is 4.31. The molecule has 6 nitrogen and oxygen atoms in total. The van der Waals surface area contributed by atoms with Gasteiger partial charge in [-0.1, -0.05) is 0 Å². The van der Waals surface area contributed by atoms with Gasteiger partial charge < -0.3 is 9.47 Å². The largest absolute Gasteiger partial charge is 0.450 e. The molecule has 0 bridgehead atoms. The van der Waals surface area contributed by atoms with Crippen molar-refractivity contribution in [3.05, 3.63) is 53.9 Å². The van der Waals surface area contributed by atoms with Crippen LogP contribution in [-0.4, -0.2) is 23.7 Å². The fourth-order valence-electron chi connectivity index (χ4n) is 1.65. The third-order valence-corrected chi connectivity index (χ3v) is 2.73. The van der Waals surface area contributed by atoms with E-state index in [0.29, 0.717) is 23.6 Å². The molecule has 114 valence electrons. The molecule has 1 amide bonds. The first-order chi connectivity index (χ1) is 10.6. The number of esters is 1. The van der Waals surface area contributed by atoms with E-state index in [4.69, 9.17) is 9.47 Å². The van der Waals surface area contributed by atoms with Gasteiger partial charge in [-0.3, -0.25) is 10.3 Å². The third-order valence-electron chi connectivity index (χ3n) is 2.73. The van der Waals surface area contributed by atoms with Gasteiger partial charge in [0.15, 0.2) is 0 Å². The van der Waals surface area contributed by atoms with E-state index < -0.39 is 12.1 Å². The SMILES string of the molecule is CCOC(=O)Nc1ccc(OC(=O)c2ccc(C)nc2)cc1. The molecule has 22 heavy (non-hydrogen) atoms. The zero-order chi connectivity index (χ0) is 15.9. The maximum absolute atomic E-state index is 11.9. The Morgan fingerprint density at radius 2 is 1.86 bits per heavy atom. The summed E-state index contributed by atoms with van der Waals surface area (Å²) in [7, 11) is 0. The number of rotatable bonds is 4. The van der Waals surface area contributed by atoms with Crippen LogP contribution in [-0.2, 0) is 4.74 Å². The van der Waals surface area contributed by atoms with Crippen molar-refractivity contribution in [1.82, 2.24) is 4.98 Å². The number of aryl methyl sites for hydroxylation is 1. The molecule has 0 aliphatic carbocycles. The number of carbonyl (C=O) groups excluding carboxylic acids is 2. The Morgan fingerprint density at radius 1 is 1.14 bits per heavy atom. The molecule has 1 aromatic heterocycles. The summed E-state index contributed by atoms with van der Waals surface area (Å²) in [6.45, 7) is 3.86. The number of amides is 1. The predicted octanol–water partition coefficient (Wildman–Crippen LogP) is 3.18. The summed E-state index contributed by atoms with van der Waals surface area (Å²) in [4.78, 5) is 27.2. The highest BCUT2D eigenvalue weighted by Gasteiger charge is 2.09. The molecule has 0 saturated heterocycles. The number of aromatic nitrogens is 1. The molecule has 0 atom stereocenters. The fourth-order valence-corrected chi connectivity index (χ4v) is 1.65. The Labute approximate surface area is 128 Å². The number of ether oxygens (including phenoxy) is 2. The van der Waals surface area contributed by atoms with Crippen molar-refractivity contribution in [2.45, 2.75) is 13.8 Å². The zero-order valence-electron chi connectivity index (χ0n) is 12.3. The highest BCUT2D eigenvalue weighted by atomic mass is 16.5. The van der Waals surface area contributed by atoms with Gasteiger partial charge in [0, 0.05) is 17.6 Å². The highest BCUT2D eigenvalue weighted by molar-refractivity contribution is 5.90. The monoisotopic (exact) mass is 300 g/mol. The van der Waals surface area contributed by atoms with Crippen LogP contribution in [0.1, 0.15) is 23.0 Å². The van der Waals surface area contributed by atoms with Crippen LogP contribution < -0.4 is 10.1 Å². The topological polar surface area (TPSA) is 77.5 Å². The van der Waals surface area contributed by atoms with Gasteiger partial charge in [0.05, 0.1) is 12.2 Å². The Balaban J connectivity index is 1.97. The lowest BCUT2D eigenvalue weighted by molar-refractivity contribution is 0.0734. The highest BCUT2D eigenvalue weighted by Crippen LogP contribution is 2.17. The summed E-state index contributed by atoms with van der Waals surface area (Å²) in [5, 5.41) is 2.55. The van der Waals surface area contributed by atoms with Crippen molar-refractivity contribution >= 4 is 17.7 Å². The molecular weight excluding hydrogens is 284 g/mol. The van der Waals surface area contributed by atoms with Crippen LogP contribution in [0.2, 0.25) is 0 Å². The van der Waals surface area contributed by atoms with Crippen molar-refractivity contribution in [1.29, 1.82) is 0 Å². The lowest BCUT2D eigenvalue weighted by Crippen LogP contribution is -2.13. The van der Waals surface area contributed by atoms with Gasteiger partial charge in [-0.2, -0.15) is 0 Å². The van der Waals surface area contributed by atoms with Gasteiger partial charge in [0.2, 0.25) is 0 Å². The van der Waals surface area contributed by atoms with Crippen LogP contribution in [0, 0.1) is 6.92 Å². The van der Waals surface area contributed by atoms with E-state index in [1.165, 1.54) is 6.20 Å². The van der Waals surface area contributed by atoms with Crippen molar-refractivity contribution in [2.75, 3.05) is 11.9 Å². The first-order valence-electron chi connectivity index (χ1n) is 6.77. The standard InChI is InChI=1S/C16H16N2O4/c1-3-21-16(20)18-13-6-8-14(9-7-13)22-15(19)12-5-4-11(2)17-10-12/h4-10H,3H2,1-2H3,(H,18,20). The quantitative estimate of drug-likeness (QED) is 0.693. The average Bonchev–Trinajstić information content (AvgIpc) is 2.50. The molecule has 0 aliphatic heterocycles. The van der Waals surface area contributed by atoms with Gasteiger partial charge in [0.1, 0.15) is 5.75 Å². The predicted molar refractivity (Wildman–Crippen MR) is 81.0 cm³/mol. The second-order valence-corrected chi connectivity index (χ2v) is 4.45. The van der Waals surface area contributed by atoms with Gasteiger partial charge >= 0.3 is 12.1 Å². The summed E-state index contributed by atoms with van der Waals surface area (Å²) in [5.41, 5.74) is 1.75. The van der Waals surface area contributed by atoms with Crippen molar-refractivity contribution in [3.8, 4) is 5.75 Å². The molecule has 0 unspecified atom stereocenters. The number of nitrogens with zero attached hydrogens (tertiary/aromatic N) is 1. The molecule has 2 rings (SSSR count). The van der Waals surface area contributed by atoms with Crippen LogP contribution in [0.25, 0.3) is 0 Å². The molecule has 0 fully saturated rings. The second-order valence-electron chi connectivity index (χ2n) is 4.45. The van der Waals surface area contributed by atoms with Crippen LogP contribution in [0.4, 0.5) is 10.5 Å². The molecular formula is C16H16N2O4. The number of carbonyl (C=O) groups is 2. The summed E-state index contributed by atoms with van der Waals surface area (Å²) in [6, 6.07) is 9.80. The van der Waals surface area contributed by atoms with E-state index in [-0.39, 0.29) is 0 Å². The summed E-state index contributed by atoms with van der Waals surface area (Å²) >= 11 is 0. The number of hydrogen-bond acceptors (Lipinski definition) is 5. The number of nitrogens with one attached hydrogen (secondary N) is 1.